The van der Waals surface area contributed by atoms with Crippen LogP contribution in [0.15, 0.2) is 29.4 Å². The minimum Gasteiger partial charge on any atom is -0.399 e. The number of primary sulfonamides is 1. The van der Waals surface area contributed by atoms with E-state index in [4.69, 9.17) is 10.9 Å². The maximum Gasteiger partial charge on any atom is 0.419 e. The lowest BCUT2D eigenvalue weighted by Crippen LogP contribution is -2.15. The van der Waals surface area contributed by atoms with Gasteiger partial charge in [-0.15, -0.1) is 0 Å². The number of nitrogens with two attached hydrogens (primary N) is 2. The topological polar surface area (TPSA) is 104 Å². The van der Waals surface area contributed by atoms with Crippen LogP contribution in [-0.2, 0) is 16.2 Å². The average Bonchev–Trinajstić information content (AvgIpc) is 2.79. The fourth-order valence-electron chi connectivity index (χ4n) is 1.83. The molecule has 4 N–H and O–H groups in total. The first-order chi connectivity index (χ1) is 9.50. The van der Waals surface area contributed by atoms with Crippen molar-refractivity contribution in [3.63, 3.8) is 0 Å². The van der Waals surface area contributed by atoms with Gasteiger partial charge in [0.1, 0.15) is 0 Å². The molecule has 21 heavy (non-hydrogen) atoms. The molecule has 0 unspecified atom stereocenters. The number of nitrogens with zero attached hydrogens (tertiary/aromatic N) is 2. The van der Waals surface area contributed by atoms with E-state index in [9.17, 15) is 21.6 Å². The molecule has 2 rings (SSSR count). The van der Waals surface area contributed by atoms with Crippen molar-refractivity contribution < 1.29 is 21.6 Å². The molecule has 0 aliphatic heterocycles. The van der Waals surface area contributed by atoms with Crippen LogP contribution >= 0.6 is 0 Å². The molecule has 6 nitrogen and oxygen atoms in total. The molecule has 1 aromatic heterocycles. The second-order valence-electron chi connectivity index (χ2n) is 4.38. The Hall–Kier alpha value is -2.07. The van der Waals surface area contributed by atoms with Crippen LogP contribution in [0.5, 0.6) is 0 Å². The van der Waals surface area contributed by atoms with E-state index < -0.39 is 21.8 Å². The molecule has 1 heterocycles. The highest BCUT2D eigenvalue weighted by atomic mass is 32.2. The Morgan fingerprint density at radius 2 is 1.90 bits per heavy atom. The Balaban J connectivity index is 2.65. The Morgan fingerprint density at radius 3 is 2.38 bits per heavy atom. The Morgan fingerprint density at radius 1 is 1.29 bits per heavy atom. The van der Waals surface area contributed by atoms with Crippen LogP contribution in [0.4, 0.5) is 18.9 Å². The first kappa shape index (κ1) is 15.3. The number of benzene rings is 1. The third-order valence-corrected chi connectivity index (χ3v) is 3.86. The minimum absolute atomic E-state index is 0.0451. The van der Waals surface area contributed by atoms with Crippen LogP contribution in [0.2, 0.25) is 0 Å². The number of halogens is 3. The van der Waals surface area contributed by atoms with E-state index in [-0.39, 0.29) is 21.8 Å². The highest BCUT2D eigenvalue weighted by molar-refractivity contribution is 7.89. The summed E-state index contributed by atoms with van der Waals surface area (Å²) in [6.07, 6.45) is -3.16. The maximum atomic E-state index is 12.6. The van der Waals surface area contributed by atoms with Crippen LogP contribution < -0.4 is 10.9 Å². The minimum atomic E-state index is -4.55. The molecule has 10 heteroatoms. The highest BCUT2D eigenvalue weighted by Gasteiger charge is 2.32. The monoisotopic (exact) mass is 320 g/mol. The normalized spacial score (nSPS) is 12.6. The molecule has 0 aliphatic rings. The van der Waals surface area contributed by atoms with Gasteiger partial charge in [-0.2, -0.15) is 18.3 Å². The van der Waals surface area contributed by atoms with Crippen molar-refractivity contribution in [1.29, 1.82) is 0 Å². The molecule has 1 aromatic carbocycles. The third kappa shape index (κ3) is 3.00. The number of alkyl halides is 3. The zero-order chi connectivity index (χ0) is 16.0. The largest absolute Gasteiger partial charge is 0.419 e. The second kappa shape index (κ2) is 4.74. The third-order valence-electron chi connectivity index (χ3n) is 2.82. The Bertz CT molecular complexity index is 796. The number of anilines is 1. The van der Waals surface area contributed by atoms with E-state index in [2.05, 4.69) is 5.10 Å². The van der Waals surface area contributed by atoms with Gasteiger partial charge in [0, 0.05) is 11.9 Å². The van der Waals surface area contributed by atoms with Crippen LogP contribution in [-0.4, -0.2) is 18.2 Å². The predicted molar refractivity (Wildman–Crippen MR) is 69.1 cm³/mol. The van der Waals surface area contributed by atoms with Gasteiger partial charge in [0.05, 0.1) is 22.3 Å². The van der Waals surface area contributed by atoms with Crippen molar-refractivity contribution in [2.24, 2.45) is 5.14 Å². The van der Waals surface area contributed by atoms with E-state index in [1.807, 2.05) is 0 Å². The summed E-state index contributed by atoms with van der Waals surface area (Å²) in [5.74, 6) is 0. The maximum absolute atomic E-state index is 12.6. The van der Waals surface area contributed by atoms with E-state index in [0.717, 1.165) is 16.9 Å². The summed E-state index contributed by atoms with van der Waals surface area (Å²) in [6.45, 7) is 1.41. The molecule has 114 valence electrons. The molecule has 0 saturated carbocycles. The zero-order valence-electron chi connectivity index (χ0n) is 10.7. The Labute approximate surface area is 118 Å². The molecule has 0 spiro atoms. The van der Waals surface area contributed by atoms with Crippen molar-refractivity contribution in [2.45, 2.75) is 18.0 Å². The van der Waals surface area contributed by atoms with Gasteiger partial charge in [0.25, 0.3) is 0 Å². The molecule has 2 aromatic rings. The second-order valence-corrected chi connectivity index (χ2v) is 5.91. The molecule has 0 aliphatic carbocycles. The quantitative estimate of drug-likeness (QED) is 0.817. The first-order valence-electron chi connectivity index (χ1n) is 5.55. The van der Waals surface area contributed by atoms with Crippen LogP contribution in [0.1, 0.15) is 11.1 Å². The van der Waals surface area contributed by atoms with Gasteiger partial charge in [0.15, 0.2) is 0 Å². The lowest BCUT2D eigenvalue weighted by atomic mass is 10.2. The number of hydrogen-bond acceptors (Lipinski definition) is 4. The van der Waals surface area contributed by atoms with Gasteiger partial charge in [-0.3, -0.25) is 0 Å². The number of aromatic nitrogens is 2. The van der Waals surface area contributed by atoms with Gasteiger partial charge in [-0.1, -0.05) is 0 Å². The van der Waals surface area contributed by atoms with Crippen LogP contribution in [0.25, 0.3) is 5.69 Å². The van der Waals surface area contributed by atoms with Crippen molar-refractivity contribution in [3.05, 3.63) is 35.7 Å². The molecule has 0 fully saturated rings. The molecule has 0 saturated heterocycles. The summed E-state index contributed by atoms with van der Waals surface area (Å²) in [7, 11) is -4.05. The molecular formula is C11H11F3N4O2S. The fraction of sp³-hybridized carbons (Fsp3) is 0.182. The van der Waals surface area contributed by atoms with E-state index in [0.29, 0.717) is 6.20 Å². The lowest BCUT2D eigenvalue weighted by Gasteiger charge is -2.11. The smallest absolute Gasteiger partial charge is 0.399 e. The number of rotatable bonds is 2. The summed E-state index contributed by atoms with van der Waals surface area (Å²) in [4.78, 5) is -0.262. The predicted octanol–water partition coefficient (Wildman–Crippen LogP) is 1.43. The summed E-state index contributed by atoms with van der Waals surface area (Å²) in [6, 6.07) is 2.46. The summed E-state index contributed by atoms with van der Waals surface area (Å²) in [5.41, 5.74) is 4.92. The zero-order valence-corrected chi connectivity index (χ0v) is 11.5. The van der Waals surface area contributed by atoms with Crippen molar-refractivity contribution >= 4 is 15.7 Å². The van der Waals surface area contributed by atoms with E-state index in [1.165, 1.54) is 13.0 Å². The standard InChI is InChI=1S/C11H11F3N4O2S/c1-6-9(2-8(15)3-10(6)21(16,19)20)18-5-7(4-17-18)11(12,13)14/h2-5H,15H2,1H3,(H2,16,19,20). The van der Waals surface area contributed by atoms with Crippen molar-refractivity contribution in [3.8, 4) is 5.69 Å². The summed E-state index contributed by atoms with van der Waals surface area (Å²) in [5, 5.41) is 8.64. The van der Waals surface area contributed by atoms with Gasteiger partial charge >= 0.3 is 6.18 Å². The highest BCUT2D eigenvalue weighted by Crippen LogP contribution is 2.30. The first-order valence-corrected chi connectivity index (χ1v) is 7.10. The average molecular weight is 320 g/mol. The number of hydrogen-bond donors (Lipinski definition) is 2. The van der Waals surface area contributed by atoms with Crippen molar-refractivity contribution in [1.82, 2.24) is 9.78 Å². The molecule has 0 bridgehead atoms. The van der Waals surface area contributed by atoms with E-state index in [1.54, 1.807) is 0 Å². The summed E-state index contributed by atoms with van der Waals surface area (Å²) < 4.78 is 61.6. The summed E-state index contributed by atoms with van der Waals surface area (Å²) >= 11 is 0. The molecule has 0 atom stereocenters. The van der Waals surface area contributed by atoms with Crippen LogP contribution in [0.3, 0.4) is 0 Å². The van der Waals surface area contributed by atoms with Gasteiger partial charge in [-0.25, -0.2) is 18.2 Å². The molecule has 0 radical (unpaired) electrons. The van der Waals surface area contributed by atoms with Gasteiger partial charge in [-0.05, 0) is 24.6 Å². The van der Waals surface area contributed by atoms with Gasteiger partial charge in [0.2, 0.25) is 10.0 Å². The van der Waals surface area contributed by atoms with Crippen LogP contribution in [0, 0.1) is 6.92 Å². The molecular weight excluding hydrogens is 309 g/mol. The fourth-order valence-corrected chi connectivity index (χ4v) is 2.66. The SMILES string of the molecule is Cc1c(-n2cc(C(F)(F)F)cn2)cc(N)cc1S(N)(=O)=O. The Kier molecular flexibility index (Phi) is 3.46. The van der Waals surface area contributed by atoms with Gasteiger partial charge < -0.3 is 5.73 Å². The lowest BCUT2D eigenvalue weighted by molar-refractivity contribution is -0.137. The number of nitrogen functional groups attached to an aromatic ring is 1. The van der Waals surface area contributed by atoms with Crippen molar-refractivity contribution in [2.75, 3.05) is 5.73 Å². The van der Waals surface area contributed by atoms with E-state index >= 15 is 0 Å². The number of sulfonamides is 1. The molecule has 0 amide bonds.